The van der Waals surface area contributed by atoms with E-state index in [4.69, 9.17) is 15.2 Å². The smallest absolute Gasteiger partial charge is 0.410 e. The number of likely N-dealkylation sites (N-methyl/N-ethyl adjacent to an activating group) is 1. The lowest BCUT2D eigenvalue weighted by molar-refractivity contribution is -0.137. The number of benzene rings is 1. The van der Waals surface area contributed by atoms with Crippen LogP contribution < -0.4 is 11.1 Å². The highest BCUT2D eigenvalue weighted by molar-refractivity contribution is 5.83. The maximum Gasteiger partial charge on any atom is 0.410 e. The summed E-state index contributed by atoms with van der Waals surface area (Å²) < 4.78 is 12.5. The van der Waals surface area contributed by atoms with Crippen LogP contribution in [-0.2, 0) is 20.9 Å². The third-order valence-electron chi connectivity index (χ3n) is 7.24. The minimum atomic E-state index is -1.43. The average molecular weight is 564 g/mol. The Morgan fingerprint density at radius 3 is 2.66 bits per heavy atom. The van der Waals surface area contributed by atoms with Crippen molar-refractivity contribution in [2.24, 2.45) is 5.92 Å². The van der Waals surface area contributed by atoms with Gasteiger partial charge in [-0.15, -0.1) is 0 Å². The number of carbonyl (C=O) groups excluding carboxylic acids is 2. The molecule has 2 aliphatic rings. The van der Waals surface area contributed by atoms with Crippen molar-refractivity contribution in [1.29, 1.82) is 0 Å². The predicted molar refractivity (Wildman–Crippen MR) is 147 cm³/mol. The molecule has 4 heterocycles. The molecule has 1 unspecified atom stereocenters. The summed E-state index contributed by atoms with van der Waals surface area (Å²) in [6.45, 7) is 3.54. The van der Waals surface area contributed by atoms with Crippen LogP contribution >= 0.6 is 0 Å². The summed E-state index contributed by atoms with van der Waals surface area (Å²) >= 11 is 0. The number of fused-ring (bicyclic) bond motifs is 1. The molecule has 2 aromatic heterocycles. The van der Waals surface area contributed by atoms with E-state index >= 15 is 0 Å². The molecule has 41 heavy (non-hydrogen) atoms. The molecule has 13 nitrogen and oxygen atoms in total. The molecule has 2 amide bonds. The second-order valence-electron chi connectivity index (χ2n) is 10.1. The number of aliphatic hydroxyl groups is 2. The largest absolute Gasteiger partial charge is 0.445 e. The number of imidazole rings is 1. The molecule has 2 fully saturated rings. The first-order chi connectivity index (χ1) is 19.9. The van der Waals surface area contributed by atoms with Crippen LogP contribution in [0.3, 0.4) is 0 Å². The summed E-state index contributed by atoms with van der Waals surface area (Å²) in [5.74, 6) is 6.13. The molecule has 3 aromatic rings. The number of carbonyl (C=O) groups is 2. The van der Waals surface area contributed by atoms with Crippen LogP contribution in [0.4, 0.5) is 10.6 Å². The summed E-state index contributed by atoms with van der Waals surface area (Å²) in [5, 5.41) is 23.6. The van der Waals surface area contributed by atoms with Crippen LogP contribution in [0.25, 0.3) is 11.2 Å². The van der Waals surface area contributed by atoms with Gasteiger partial charge in [0.25, 0.3) is 5.91 Å². The van der Waals surface area contributed by atoms with Crippen LogP contribution in [0.5, 0.6) is 0 Å². The van der Waals surface area contributed by atoms with Crippen molar-refractivity contribution in [2.45, 2.75) is 57.3 Å². The first kappa shape index (κ1) is 28.3. The van der Waals surface area contributed by atoms with Crippen molar-refractivity contribution >= 4 is 29.0 Å². The van der Waals surface area contributed by atoms with Gasteiger partial charge in [0.15, 0.2) is 23.8 Å². The Balaban J connectivity index is 1.19. The quantitative estimate of drug-likeness (QED) is 0.316. The third-order valence-corrected chi connectivity index (χ3v) is 7.24. The van der Waals surface area contributed by atoms with Gasteiger partial charge in [0.1, 0.15) is 24.3 Å². The molecule has 0 spiro atoms. The van der Waals surface area contributed by atoms with E-state index in [1.54, 1.807) is 11.8 Å². The zero-order valence-electron chi connectivity index (χ0n) is 22.6. The number of ether oxygens (including phenoxy) is 2. The molecule has 0 aliphatic carbocycles. The van der Waals surface area contributed by atoms with Gasteiger partial charge in [-0.3, -0.25) is 9.36 Å². The molecule has 2 saturated heterocycles. The normalized spacial score (nSPS) is 22.8. The monoisotopic (exact) mass is 563 g/mol. The molecule has 2 aliphatic heterocycles. The van der Waals surface area contributed by atoms with Gasteiger partial charge in [0.2, 0.25) is 5.82 Å². The fourth-order valence-electron chi connectivity index (χ4n) is 4.97. The molecule has 5 N–H and O–H groups in total. The number of aromatic nitrogens is 4. The van der Waals surface area contributed by atoms with Crippen molar-refractivity contribution in [3.05, 3.63) is 48.0 Å². The Kier molecular flexibility index (Phi) is 8.63. The summed E-state index contributed by atoms with van der Waals surface area (Å²) in [7, 11) is 0. The number of rotatable bonds is 6. The minimum absolute atomic E-state index is 0.105. The molecular weight excluding hydrogens is 530 g/mol. The summed E-state index contributed by atoms with van der Waals surface area (Å²) in [6.07, 6.45) is -1.93. The molecule has 216 valence electrons. The van der Waals surface area contributed by atoms with Crippen molar-refractivity contribution < 1.29 is 29.3 Å². The number of anilines is 1. The lowest BCUT2D eigenvalue weighted by Crippen LogP contribution is -2.42. The van der Waals surface area contributed by atoms with Gasteiger partial charge < -0.3 is 35.6 Å². The fraction of sp³-hybridized carbons (Fsp3) is 0.464. The van der Waals surface area contributed by atoms with E-state index in [2.05, 4.69) is 32.1 Å². The molecule has 13 heteroatoms. The second-order valence-corrected chi connectivity index (χ2v) is 10.1. The van der Waals surface area contributed by atoms with Crippen molar-refractivity contribution in [1.82, 2.24) is 29.7 Å². The molecule has 0 bridgehead atoms. The van der Waals surface area contributed by atoms with Gasteiger partial charge in [0.05, 0.1) is 6.33 Å². The number of likely N-dealkylation sites (tertiary alicyclic amines) is 1. The van der Waals surface area contributed by atoms with Crippen molar-refractivity contribution in [2.75, 3.05) is 25.4 Å². The van der Waals surface area contributed by atoms with Crippen LogP contribution in [0, 0.1) is 17.8 Å². The lowest BCUT2D eigenvalue weighted by Gasteiger charge is -2.30. The third kappa shape index (κ3) is 6.25. The van der Waals surface area contributed by atoms with Crippen molar-refractivity contribution in [3.63, 3.8) is 0 Å². The number of hydrogen-bond acceptors (Lipinski definition) is 10. The Bertz CT molecular complexity index is 1440. The molecule has 0 saturated carbocycles. The highest BCUT2D eigenvalue weighted by atomic mass is 16.6. The lowest BCUT2D eigenvalue weighted by atomic mass is 9.94. The second kappa shape index (κ2) is 12.5. The van der Waals surface area contributed by atoms with Gasteiger partial charge in [-0.25, -0.2) is 19.7 Å². The maximum atomic E-state index is 12.4. The highest BCUT2D eigenvalue weighted by Gasteiger charge is 2.47. The van der Waals surface area contributed by atoms with Gasteiger partial charge in [-0.05, 0) is 37.2 Å². The topological polar surface area (TPSA) is 178 Å². The van der Waals surface area contributed by atoms with Crippen LogP contribution in [-0.4, -0.2) is 84.6 Å². The van der Waals surface area contributed by atoms with Gasteiger partial charge in [-0.1, -0.05) is 36.3 Å². The van der Waals surface area contributed by atoms with E-state index in [0.717, 1.165) is 18.4 Å². The number of nitrogen functional groups attached to an aromatic ring is 1. The summed E-state index contributed by atoms with van der Waals surface area (Å²) in [5.41, 5.74) is 7.60. The van der Waals surface area contributed by atoms with Crippen LogP contribution in [0.15, 0.2) is 36.7 Å². The summed E-state index contributed by atoms with van der Waals surface area (Å²) in [6, 6.07) is 9.57. The zero-order valence-corrected chi connectivity index (χ0v) is 22.6. The SMILES string of the molecule is CCNC(=O)[C@H]1O[C@@H](n2cnc3c(N)nc(C#CCC4CCN(C(=O)OCc5ccccc5)CC4)nc32)C(O)[C@H]1O. The van der Waals surface area contributed by atoms with E-state index in [1.807, 2.05) is 30.3 Å². The Morgan fingerprint density at radius 1 is 1.17 bits per heavy atom. The number of nitrogens with two attached hydrogens (primary N) is 1. The predicted octanol–water partition coefficient (Wildman–Crippen LogP) is 0.954. The number of nitrogens with one attached hydrogen (secondary N) is 1. The Hall–Kier alpha value is -4.25. The maximum absolute atomic E-state index is 12.4. The number of piperidine rings is 1. The summed E-state index contributed by atoms with van der Waals surface area (Å²) in [4.78, 5) is 39.3. The molecule has 0 radical (unpaired) electrons. The first-order valence-electron chi connectivity index (χ1n) is 13.6. The molecule has 4 atom stereocenters. The number of hydrogen-bond donors (Lipinski definition) is 4. The van der Waals surface area contributed by atoms with Crippen LogP contribution in [0.1, 0.15) is 43.8 Å². The number of aliphatic hydroxyl groups excluding tert-OH is 2. The van der Waals surface area contributed by atoms with Gasteiger partial charge >= 0.3 is 6.09 Å². The van der Waals surface area contributed by atoms with Crippen LogP contribution in [0.2, 0.25) is 0 Å². The van der Waals surface area contributed by atoms with E-state index in [-0.39, 0.29) is 35.5 Å². The van der Waals surface area contributed by atoms with E-state index in [0.29, 0.717) is 32.0 Å². The molecule has 5 rings (SSSR count). The van der Waals surface area contributed by atoms with E-state index < -0.39 is 30.4 Å². The average Bonchev–Trinajstić information content (AvgIpc) is 3.53. The molecule has 1 aromatic carbocycles. The molecular formula is C28H33N7O6. The minimum Gasteiger partial charge on any atom is -0.445 e. The number of amides is 2. The highest BCUT2D eigenvalue weighted by Crippen LogP contribution is 2.32. The van der Waals surface area contributed by atoms with Crippen molar-refractivity contribution in [3.8, 4) is 11.8 Å². The Morgan fingerprint density at radius 2 is 1.93 bits per heavy atom. The zero-order chi connectivity index (χ0) is 28.9. The fourth-order valence-corrected chi connectivity index (χ4v) is 4.97. The number of nitrogens with zero attached hydrogens (tertiary/aromatic N) is 5. The van der Waals surface area contributed by atoms with Gasteiger partial charge in [-0.2, -0.15) is 0 Å². The van der Waals surface area contributed by atoms with E-state index in [9.17, 15) is 19.8 Å². The standard InChI is InChI=1S/C28H33N7O6/c1-2-30-26(38)23-21(36)22(37)27(41-23)35-16-31-20-24(29)32-19(33-25(20)35)10-6-9-17-11-13-34(14-12-17)28(39)40-15-18-7-4-3-5-8-18/h3-5,7-8,16-17,21-23,27,36-37H,2,9,11-15H2,1H3,(H,30,38)(H2,29,32,33)/t21-,22?,23+,27-/m1/s1. The Labute approximate surface area is 236 Å². The first-order valence-corrected chi connectivity index (χ1v) is 13.6. The van der Waals surface area contributed by atoms with E-state index in [1.165, 1.54) is 10.9 Å². The van der Waals surface area contributed by atoms with Gasteiger partial charge in [0, 0.05) is 26.1 Å².